The molecule has 0 bridgehead atoms. The van der Waals surface area contributed by atoms with E-state index in [2.05, 4.69) is 25.3 Å². The highest BCUT2D eigenvalue weighted by atomic mass is 19.1. The summed E-state index contributed by atoms with van der Waals surface area (Å²) in [7, 11) is 0. The topological polar surface area (TPSA) is 113 Å². The van der Waals surface area contributed by atoms with Crippen LogP contribution in [0.3, 0.4) is 0 Å². The number of carbonyl (C=O) groups excluding carboxylic acids is 2. The monoisotopic (exact) mass is 540 g/mol. The van der Waals surface area contributed by atoms with Crippen molar-refractivity contribution in [1.82, 2.24) is 25.3 Å². The molecule has 0 radical (unpaired) electrons. The molecule has 10 heteroatoms. The van der Waals surface area contributed by atoms with Crippen LogP contribution in [0.15, 0.2) is 67.4 Å². The molecule has 40 heavy (non-hydrogen) atoms. The summed E-state index contributed by atoms with van der Waals surface area (Å²) in [6.45, 7) is 6.08. The number of amides is 2. The lowest BCUT2D eigenvalue weighted by molar-refractivity contribution is -0.107. The van der Waals surface area contributed by atoms with Gasteiger partial charge in [0, 0.05) is 59.8 Å². The molecule has 204 valence electrons. The number of halogens is 1. The second-order valence-electron chi connectivity index (χ2n) is 10.3. The second kappa shape index (κ2) is 11.1. The molecule has 0 aliphatic heterocycles. The number of rotatable bonds is 8. The molecule has 0 aliphatic rings. The zero-order valence-corrected chi connectivity index (χ0v) is 22.4. The van der Waals surface area contributed by atoms with Crippen LogP contribution >= 0.6 is 0 Å². The van der Waals surface area contributed by atoms with E-state index < -0.39 is 17.5 Å². The van der Waals surface area contributed by atoms with Crippen molar-refractivity contribution in [2.75, 3.05) is 18.0 Å². The number of carbonyl (C=O) groups is 2. The normalized spacial score (nSPS) is 11.5. The molecule has 2 amide bonds. The standard InChI is InChI=1S/C30H29FN6O3/c1-30(2,3)40-29(39)34-9-5-11-37(18-38)21-14-24-25(17-36-28(24)35-16-21)20-12-23-22(19-6-4-8-32-15-19)7-10-33-27(23)26(31)13-20/h4,6-8,10,12-18H,5,9,11H2,1-3H3,(H,34,39)(H,35,36). The molecule has 0 saturated carbocycles. The SMILES string of the molecule is CC(C)(C)OC(=O)NCCCN(C=O)c1cnc2[nH]cc(-c3cc(F)c4nccc(-c5cccnc5)c4c3)c2c1. The van der Waals surface area contributed by atoms with Crippen molar-refractivity contribution in [1.29, 1.82) is 0 Å². The van der Waals surface area contributed by atoms with Gasteiger partial charge in [-0.2, -0.15) is 0 Å². The van der Waals surface area contributed by atoms with Crippen molar-refractivity contribution in [2.24, 2.45) is 0 Å². The first-order valence-electron chi connectivity index (χ1n) is 12.9. The number of hydrogen-bond acceptors (Lipinski definition) is 6. The van der Waals surface area contributed by atoms with E-state index in [1.165, 1.54) is 11.0 Å². The number of nitrogens with zero attached hydrogens (tertiary/aromatic N) is 4. The quantitative estimate of drug-likeness (QED) is 0.188. The van der Waals surface area contributed by atoms with Gasteiger partial charge in [-0.3, -0.25) is 14.8 Å². The van der Waals surface area contributed by atoms with Crippen molar-refractivity contribution in [2.45, 2.75) is 32.8 Å². The van der Waals surface area contributed by atoms with E-state index in [4.69, 9.17) is 4.74 Å². The van der Waals surface area contributed by atoms with Crippen LogP contribution in [0.4, 0.5) is 14.9 Å². The van der Waals surface area contributed by atoms with Gasteiger partial charge >= 0.3 is 6.09 Å². The Kier molecular flexibility index (Phi) is 7.41. The van der Waals surface area contributed by atoms with Gasteiger partial charge in [0.25, 0.3) is 0 Å². The van der Waals surface area contributed by atoms with E-state index in [1.807, 2.05) is 30.3 Å². The minimum atomic E-state index is -0.584. The molecule has 1 aromatic carbocycles. The molecule has 0 atom stereocenters. The second-order valence-corrected chi connectivity index (χ2v) is 10.3. The van der Waals surface area contributed by atoms with E-state index >= 15 is 4.39 Å². The maximum atomic E-state index is 15.3. The maximum absolute atomic E-state index is 15.3. The number of ether oxygens (including phenoxy) is 1. The van der Waals surface area contributed by atoms with Gasteiger partial charge in [0.2, 0.25) is 6.41 Å². The molecule has 0 aliphatic carbocycles. The van der Waals surface area contributed by atoms with Crippen molar-refractivity contribution in [3.8, 4) is 22.3 Å². The molecule has 0 spiro atoms. The Hall–Kier alpha value is -4.86. The van der Waals surface area contributed by atoms with Gasteiger partial charge < -0.3 is 19.9 Å². The van der Waals surface area contributed by atoms with Crippen LogP contribution in [0.5, 0.6) is 0 Å². The van der Waals surface area contributed by atoms with Gasteiger partial charge in [-0.05, 0) is 68.7 Å². The highest BCUT2D eigenvalue weighted by Gasteiger charge is 2.17. The fourth-order valence-corrected chi connectivity index (χ4v) is 4.53. The molecular formula is C30H29FN6O3. The Bertz CT molecular complexity index is 1680. The number of benzene rings is 1. The molecule has 4 aromatic heterocycles. The highest BCUT2D eigenvalue weighted by molar-refractivity contribution is 6.01. The number of pyridine rings is 3. The zero-order valence-electron chi connectivity index (χ0n) is 22.4. The summed E-state index contributed by atoms with van der Waals surface area (Å²) < 4.78 is 20.6. The molecule has 0 fully saturated rings. The number of aromatic amines is 1. The van der Waals surface area contributed by atoms with E-state index in [0.29, 0.717) is 41.8 Å². The van der Waals surface area contributed by atoms with E-state index in [0.717, 1.165) is 28.5 Å². The zero-order chi connectivity index (χ0) is 28.3. The van der Waals surface area contributed by atoms with Gasteiger partial charge in [-0.1, -0.05) is 6.07 Å². The fourth-order valence-electron chi connectivity index (χ4n) is 4.53. The lowest BCUT2D eigenvalue weighted by Gasteiger charge is -2.20. The summed E-state index contributed by atoms with van der Waals surface area (Å²) in [5.74, 6) is -0.441. The average molecular weight is 541 g/mol. The van der Waals surface area contributed by atoms with Crippen molar-refractivity contribution in [3.63, 3.8) is 0 Å². The Balaban J connectivity index is 1.42. The Morgan fingerprint density at radius 2 is 1.93 bits per heavy atom. The van der Waals surface area contributed by atoms with Crippen LogP contribution in [-0.2, 0) is 9.53 Å². The number of H-pyrrole nitrogens is 1. The third-order valence-corrected chi connectivity index (χ3v) is 6.30. The van der Waals surface area contributed by atoms with E-state index in [-0.39, 0.29) is 5.52 Å². The van der Waals surface area contributed by atoms with E-state index in [1.54, 1.807) is 51.8 Å². The first-order valence-corrected chi connectivity index (χ1v) is 12.9. The summed E-state index contributed by atoms with van der Waals surface area (Å²) >= 11 is 0. The first-order chi connectivity index (χ1) is 19.2. The Morgan fingerprint density at radius 3 is 2.67 bits per heavy atom. The minimum absolute atomic E-state index is 0.274. The molecule has 4 heterocycles. The van der Waals surface area contributed by atoms with Gasteiger partial charge in [0.1, 0.15) is 22.6 Å². The van der Waals surface area contributed by atoms with Crippen molar-refractivity contribution in [3.05, 3.63) is 73.2 Å². The number of aromatic nitrogens is 4. The molecule has 9 nitrogen and oxygen atoms in total. The smallest absolute Gasteiger partial charge is 0.407 e. The van der Waals surface area contributed by atoms with Crippen LogP contribution in [-0.4, -0.2) is 51.1 Å². The summed E-state index contributed by atoms with van der Waals surface area (Å²) in [4.78, 5) is 41.4. The summed E-state index contributed by atoms with van der Waals surface area (Å²) in [6.07, 6.45) is 9.12. The molecule has 5 rings (SSSR count). The molecule has 0 saturated heterocycles. The van der Waals surface area contributed by atoms with Crippen LogP contribution in [0.25, 0.3) is 44.2 Å². The summed E-state index contributed by atoms with van der Waals surface area (Å²) in [5.41, 5.74) is 3.95. The highest BCUT2D eigenvalue weighted by Crippen LogP contribution is 2.36. The van der Waals surface area contributed by atoms with Gasteiger partial charge in [-0.15, -0.1) is 0 Å². The van der Waals surface area contributed by atoms with Crippen LogP contribution in [0.2, 0.25) is 0 Å². The molecule has 5 aromatic rings. The average Bonchev–Trinajstić information content (AvgIpc) is 3.36. The lowest BCUT2D eigenvalue weighted by Crippen LogP contribution is -2.34. The van der Waals surface area contributed by atoms with Crippen LogP contribution in [0.1, 0.15) is 27.2 Å². The van der Waals surface area contributed by atoms with Crippen molar-refractivity contribution >= 4 is 40.1 Å². The van der Waals surface area contributed by atoms with Gasteiger partial charge in [-0.25, -0.2) is 14.2 Å². The number of hydrogen-bond donors (Lipinski definition) is 2. The minimum Gasteiger partial charge on any atom is -0.444 e. The predicted octanol–water partition coefficient (Wildman–Crippen LogP) is 5.86. The predicted molar refractivity (Wildman–Crippen MR) is 152 cm³/mol. The maximum Gasteiger partial charge on any atom is 0.407 e. The van der Waals surface area contributed by atoms with Crippen LogP contribution < -0.4 is 10.2 Å². The summed E-state index contributed by atoms with van der Waals surface area (Å²) in [6, 6.07) is 10.8. The third kappa shape index (κ3) is 5.75. The number of nitrogens with one attached hydrogen (secondary N) is 2. The number of alkyl carbamates (subject to hydrolysis) is 1. The van der Waals surface area contributed by atoms with Gasteiger partial charge in [0.05, 0.1) is 11.9 Å². The first kappa shape index (κ1) is 26.7. The molecule has 2 N–H and O–H groups in total. The Labute approximate surface area is 230 Å². The molecule has 0 unspecified atom stereocenters. The number of anilines is 1. The van der Waals surface area contributed by atoms with E-state index in [9.17, 15) is 9.59 Å². The lowest BCUT2D eigenvalue weighted by atomic mass is 9.98. The summed E-state index contributed by atoms with van der Waals surface area (Å²) in [5, 5.41) is 4.09. The third-order valence-electron chi connectivity index (χ3n) is 6.30. The Morgan fingerprint density at radius 1 is 1.07 bits per heavy atom. The molecular weight excluding hydrogens is 511 g/mol. The fraction of sp³-hybridized carbons (Fsp3) is 0.233. The van der Waals surface area contributed by atoms with Gasteiger partial charge in [0.15, 0.2) is 0 Å². The number of fused-ring (bicyclic) bond motifs is 2. The largest absolute Gasteiger partial charge is 0.444 e. The van der Waals surface area contributed by atoms with Crippen molar-refractivity contribution < 1.29 is 18.7 Å². The van der Waals surface area contributed by atoms with Crippen LogP contribution in [0, 0.1) is 5.82 Å².